The number of H-pyrrole nitrogens is 1. The van der Waals surface area contributed by atoms with Crippen LogP contribution in [0.5, 0.6) is 0 Å². The molecule has 0 radical (unpaired) electrons. The van der Waals surface area contributed by atoms with Gasteiger partial charge >= 0.3 is 0 Å². The molecular weight excluding hydrogens is 352 g/mol. The number of benzene rings is 2. The molecule has 0 bridgehead atoms. The number of imidazole rings is 1. The van der Waals surface area contributed by atoms with Crippen LogP contribution in [0.25, 0.3) is 11.0 Å². The molecule has 0 saturated heterocycles. The molecule has 1 saturated carbocycles. The van der Waals surface area contributed by atoms with Crippen LogP contribution in [0.4, 0.5) is 5.69 Å². The maximum absolute atomic E-state index is 5.79. The summed E-state index contributed by atoms with van der Waals surface area (Å²) < 4.78 is 0. The Hall–Kier alpha value is -2.40. The molecule has 1 fully saturated rings. The highest BCUT2D eigenvalue weighted by molar-refractivity contribution is 7.80. The van der Waals surface area contributed by atoms with Gasteiger partial charge in [-0.3, -0.25) is 0 Å². The third-order valence-electron chi connectivity index (χ3n) is 5.36. The molecule has 1 aliphatic carbocycles. The second kappa shape index (κ2) is 8.09. The zero-order valence-corrected chi connectivity index (χ0v) is 16.6. The SMILES string of the molecule is Cc1ccc(NC(=S)N(CCc2nc3ccccc3[nH]2)C2CCCC2)cc1. The largest absolute Gasteiger partial charge is 0.346 e. The predicted octanol–water partition coefficient (Wildman–Crippen LogP) is 5.06. The fourth-order valence-corrected chi connectivity index (χ4v) is 4.21. The summed E-state index contributed by atoms with van der Waals surface area (Å²) in [4.78, 5) is 10.5. The molecule has 27 heavy (non-hydrogen) atoms. The van der Waals surface area contributed by atoms with E-state index in [2.05, 4.69) is 52.5 Å². The number of aromatic amines is 1. The van der Waals surface area contributed by atoms with E-state index in [-0.39, 0.29) is 0 Å². The van der Waals surface area contributed by atoms with E-state index in [1.54, 1.807) is 0 Å². The monoisotopic (exact) mass is 378 g/mol. The Morgan fingerprint density at radius 1 is 1.15 bits per heavy atom. The third-order valence-corrected chi connectivity index (χ3v) is 5.69. The van der Waals surface area contributed by atoms with Crippen molar-refractivity contribution >= 4 is 34.1 Å². The topological polar surface area (TPSA) is 44.0 Å². The summed E-state index contributed by atoms with van der Waals surface area (Å²) in [5, 5.41) is 4.26. The lowest BCUT2D eigenvalue weighted by Crippen LogP contribution is -2.42. The second-order valence-electron chi connectivity index (χ2n) is 7.38. The number of nitrogens with zero attached hydrogens (tertiary/aromatic N) is 2. The lowest BCUT2D eigenvalue weighted by atomic mass is 10.2. The van der Waals surface area contributed by atoms with Crippen LogP contribution in [0.3, 0.4) is 0 Å². The lowest BCUT2D eigenvalue weighted by molar-refractivity contribution is 0.320. The predicted molar refractivity (Wildman–Crippen MR) is 116 cm³/mol. The number of thiocarbonyl (C=S) groups is 1. The molecule has 4 rings (SSSR count). The van der Waals surface area contributed by atoms with Crippen LogP contribution < -0.4 is 5.32 Å². The van der Waals surface area contributed by atoms with E-state index < -0.39 is 0 Å². The number of fused-ring (bicyclic) bond motifs is 1. The molecule has 1 aliphatic rings. The van der Waals surface area contributed by atoms with Crippen LogP contribution in [-0.4, -0.2) is 32.6 Å². The third kappa shape index (κ3) is 4.30. The van der Waals surface area contributed by atoms with Crippen LogP contribution in [0.1, 0.15) is 37.1 Å². The zero-order chi connectivity index (χ0) is 18.6. The molecule has 4 nitrogen and oxygen atoms in total. The average molecular weight is 379 g/mol. The highest BCUT2D eigenvalue weighted by Crippen LogP contribution is 2.25. The summed E-state index contributed by atoms with van der Waals surface area (Å²) in [6.07, 6.45) is 5.88. The summed E-state index contributed by atoms with van der Waals surface area (Å²) in [6.45, 7) is 2.97. The van der Waals surface area contributed by atoms with Gasteiger partial charge in [-0.1, -0.05) is 42.7 Å². The van der Waals surface area contributed by atoms with Crippen LogP contribution in [0.2, 0.25) is 0 Å². The van der Waals surface area contributed by atoms with Gasteiger partial charge < -0.3 is 15.2 Å². The van der Waals surface area contributed by atoms with E-state index >= 15 is 0 Å². The van der Waals surface area contributed by atoms with Crippen LogP contribution >= 0.6 is 12.2 Å². The maximum atomic E-state index is 5.79. The molecule has 140 valence electrons. The van der Waals surface area contributed by atoms with E-state index in [0.717, 1.165) is 40.6 Å². The van der Waals surface area contributed by atoms with Crippen molar-refractivity contribution < 1.29 is 0 Å². The number of hydrogen-bond acceptors (Lipinski definition) is 2. The number of anilines is 1. The minimum Gasteiger partial charge on any atom is -0.346 e. The summed E-state index contributed by atoms with van der Waals surface area (Å²) in [5.74, 6) is 1.03. The number of aromatic nitrogens is 2. The van der Waals surface area contributed by atoms with Crippen molar-refractivity contribution in [2.24, 2.45) is 0 Å². The van der Waals surface area contributed by atoms with Gasteiger partial charge in [-0.05, 0) is 56.2 Å². The number of nitrogens with one attached hydrogen (secondary N) is 2. The van der Waals surface area contributed by atoms with Gasteiger partial charge in [0, 0.05) is 24.7 Å². The fourth-order valence-electron chi connectivity index (χ4n) is 3.85. The standard InChI is InChI=1S/C22H26N4S/c1-16-10-12-17(13-11-16)23-22(27)26(18-6-2-3-7-18)15-14-21-24-19-8-4-5-9-20(19)25-21/h4-5,8-13,18H,2-3,6-7,14-15H2,1H3,(H,23,27)(H,24,25). The van der Waals surface area contributed by atoms with Gasteiger partial charge in [0.2, 0.25) is 0 Å². The first kappa shape index (κ1) is 18.0. The first-order valence-electron chi connectivity index (χ1n) is 9.77. The minimum atomic E-state index is 0.528. The fraction of sp³-hybridized carbons (Fsp3) is 0.364. The summed E-state index contributed by atoms with van der Waals surface area (Å²) in [6, 6.07) is 17.1. The summed E-state index contributed by atoms with van der Waals surface area (Å²) in [7, 11) is 0. The number of aryl methyl sites for hydroxylation is 1. The van der Waals surface area contributed by atoms with E-state index in [1.807, 2.05) is 18.2 Å². The van der Waals surface area contributed by atoms with Crippen LogP contribution in [0.15, 0.2) is 48.5 Å². The van der Waals surface area contributed by atoms with Gasteiger partial charge in [-0.25, -0.2) is 4.98 Å². The molecule has 0 amide bonds. The maximum Gasteiger partial charge on any atom is 0.173 e. The molecular formula is C22H26N4S. The molecule has 0 unspecified atom stereocenters. The highest BCUT2D eigenvalue weighted by atomic mass is 32.1. The Balaban J connectivity index is 1.46. The molecule has 2 N–H and O–H groups in total. The van der Waals surface area contributed by atoms with E-state index in [4.69, 9.17) is 17.2 Å². The highest BCUT2D eigenvalue weighted by Gasteiger charge is 2.24. The van der Waals surface area contributed by atoms with Crippen molar-refractivity contribution in [1.82, 2.24) is 14.9 Å². The Bertz CT molecular complexity index is 876. The van der Waals surface area contributed by atoms with Gasteiger partial charge in [-0.2, -0.15) is 0 Å². The second-order valence-corrected chi connectivity index (χ2v) is 7.77. The first-order chi connectivity index (χ1) is 13.2. The Kier molecular flexibility index (Phi) is 5.39. The molecule has 0 spiro atoms. The van der Waals surface area contributed by atoms with Crippen molar-refractivity contribution in [3.05, 3.63) is 59.9 Å². The zero-order valence-electron chi connectivity index (χ0n) is 15.7. The molecule has 5 heteroatoms. The minimum absolute atomic E-state index is 0.528. The lowest BCUT2D eigenvalue weighted by Gasteiger charge is -2.31. The van der Waals surface area contributed by atoms with Gasteiger partial charge in [0.1, 0.15) is 5.82 Å². The van der Waals surface area contributed by atoms with Gasteiger partial charge in [0.05, 0.1) is 11.0 Å². The first-order valence-corrected chi connectivity index (χ1v) is 10.2. The molecule has 2 aromatic carbocycles. The van der Waals surface area contributed by atoms with Crippen molar-refractivity contribution in [3.8, 4) is 0 Å². The van der Waals surface area contributed by atoms with Crippen molar-refractivity contribution in [2.75, 3.05) is 11.9 Å². The Morgan fingerprint density at radius 3 is 2.63 bits per heavy atom. The van der Waals surface area contributed by atoms with E-state index in [0.29, 0.717) is 6.04 Å². The number of rotatable bonds is 5. The number of hydrogen-bond donors (Lipinski definition) is 2. The summed E-state index contributed by atoms with van der Waals surface area (Å²) in [5.41, 5.74) is 4.43. The summed E-state index contributed by atoms with van der Waals surface area (Å²) >= 11 is 5.79. The molecule has 0 atom stereocenters. The van der Waals surface area contributed by atoms with Crippen molar-refractivity contribution in [3.63, 3.8) is 0 Å². The normalized spacial score (nSPS) is 14.6. The van der Waals surface area contributed by atoms with Gasteiger partial charge in [-0.15, -0.1) is 0 Å². The van der Waals surface area contributed by atoms with Gasteiger partial charge in [0.15, 0.2) is 5.11 Å². The molecule has 3 aromatic rings. The van der Waals surface area contributed by atoms with Crippen molar-refractivity contribution in [1.29, 1.82) is 0 Å². The van der Waals surface area contributed by atoms with Gasteiger partial charge in [0.25, 0.3) is 0 Å². The Labute approximate surface area is 166 Å². The molecule has 1 heterocycles. The van der Waals surface area contributed by atoms with E-state index in [1.165, 1.54) is 31.2 Å². The smallest absolute Gasteiger partial charge is 0.173 e. The quantitative estimate of drug-likeness (QED) is 0.610. The molecule has 0 aliphatic heterocycles. The average Bonchev–Trinajstić information content (AvgIpc) is 3.33. The van der Waals surface area contributed by atoms with Crippen LogP contribution in [-0.2, 0) is 6.42 Å². The molecule has 1 aromatic heterocycles. The van der Waals surface area contributed by atoms with Crippen LogP contribution in [0, 0.1) is 6.92 Å². The number of para-hydroxylation sites is 2. The van der Waals surface area contributed by atoms with Crippen molar-refractivity contribution in [2.45, 2.75) is 45.1 Å². The Morgan fingerprint density at radius 2 is 1.89 bits per heavy atom. The van der Waals surface area contributed by atoms with E-state index in [9.17, 15) is 0 Å².